The van der Waals surface area contributed by atoms with Crippen molar-refractivity contribution in [3.05, 3.63) is 72.8 Å². The average Bonchev–Trinajstić information content (AvgIpc) is 3.28. The van der Waals surface area contributed by atoms with Gasteiger partial charge in [0, 0.05) is 41.2 Å². The first-order chi connectivity index (χ1) is 13.7. The maximum atomic E-state index is 12.7. The molecule has 0 bridgehead atoms. The Morgan fingerprint density at radius 1 is 0.929 bits per heavy atom. The smallest absolute Gasteiger partial charge is 0.229 e. The number of furan rings is 1. The minimum absolute atomic E-state index is 0.0286. The summed E-state index contributed by atoms with van der Waals surface area (Å²) in [7, 11) is 0. The lowest BCUT2D eigenvalue weighted by Gasteiger charge is -2.16. The van der Waals surface area contributed by atoms with Gasteiger partial charge in [-0.2, -0.15) is 0 Å². The third kappa shape index (κ3) is 2.81. The van der Waals surface area contributed by atoms with Crippen LogP contribution in [0.4, 0.5) is 11.4 Å². The fourth-order valence-electron chi connectivity index (χ4n) is 3.79. The summed E-state index contributed by atoms with van der Waals surface area (Å²) < 4.78 is 5.88. The Morgan fingerprint density at radius 2 is 1.68 bits per heavy atom. The van der Waals surface area contributed by atoms with Crippen molar-refractivity contribution in [2.24, 2.45) is 5.92 Å². The number of nitrogens with zero attached hydrogens (tertiary/aromatic N) is 1. The summed E-state index contributed by atoms with van der Waals surface area (Å²) >= 11 is 0. The zero-order valence-corrected chi connectivity index (χ0v) is 15.1. The molecule has 1 saturated heterocycles. The molecule has 1 fully saturated rings. The molecule has 0 radical (unpaired) electrons. The maximum Gasteiger partial charge on any atom is 0.229 e. The summed E-state index contributed by atoms with van der Waals surface area (Å²) in [5.74, 6) is -0.555. The molecule has 138 valence electrons. The predicted molar refractivity (Wildman–Crippen MR) is 109 cm³/mol. The number of anilines is 2. The number of para-hydroxylation sites is 2. The molecule has 1 atom stereocenters. The first kappa shape index (κ1) is 16.6. The molecule has 2 heterocycles. The summed E-state index contributed by atoms with van der Waals surface area (Å²) in [5.41, 5.74) is 3.04. The van der Waals surface area contributed by atoms with Crippen LogP contribution in [0.5, 0.6) is 0 Å². The SMILES string of the molecule is O=C(Nc1ccc2c(c1)oc1ccccc12)[C@H]1CC(=O)N(c2ccccc2)C1. The van der Waals surface area contributed by atoms with Crippen LogP contribution in [0.1, 0.15) is 6.42 Å². The molecular formula is C23H18N2O3. The van der Waals surface area contributed by atoms with E-state index in [1.165, 1.54) is 0 Å². The first-order valence-corrected chi connectivity index (χ1v) is 9.26. The van der Waals surface area contributed by atoms with E-state index in [1.54, 1.807) is 4.90 Å². The predicted octanol–water partition coefficient (Wildman–Crippen LogP) is 4.58. The molecule has 1 aliphatic rings. The molecule has 2 amide bonds. The molecule has 1 aromatic heterocycles. The number of rotatable bonds is 3. The van der Waals surface area contributed by atoms with Gasteiger partial charge in [0.2, 0.25) is 11.8 Å². The highest BCUT2D eigenvalue weighted by molar-refractivity contribution is 6.07. The summed E-state index contributed by atoms with van der Waals surface area (Å²) in [6.07, 6.45) is 0.216. The van der Waals surface area contributed by atoms with E-state index in [2.05, 4.69) is 5.32 Å². The second-order valence-corrected chi connectivity index (χ2v) is 7.04. The molecule has 4 aromatic rings. The summed E-state index contributed by atoms with van der Waals surface area (Å²) in [5, 5.41) is 5.00. The van der Waals surface area contributed by atoms with Gasteiger partial charge in [-0.15, -0.1) is 0 Å². The number of amides is 2. The fraction of sp³-hybridized carbons (Fsp3) is 0.130. The summed E-state index contributed by atoms with van der Waals surface area (Å²) in [6.45, 7) is 0.390. The Morgan fingerprint density at radius 3 is 2.54 bits per heavy atom. The van der Waals surface area contributed by atoms with Gasteiger partial charge in [-0.3, -0.25) is 9.59 Å². The second kappa shape index (κ2) is 6.53. The molecule has 1 N–H and O–H groups in total. The highest BCUT2D eigenvalue weighted by atomic mass is 16.3. The number of carbonyl (C=O) groups is 2. The van der Waals surface area contributed by atoms with Gasteiger partial charge >= 0.3 is 0 Å². The molecule has 0 saturated carbocycles. The van der Waals surface area contributed by atoms with E-state index in [9.17, 15) is 9.59 Å². The highest BCUT2D eigenvalue weighted by Crippen LogP contribution is 2.31. The van der Waals surface area contributed by atoms with Gasteiger partial charge in [0.25, 0.3) is 0 Å². The topological polar surface area (TPSA) is 62.6 Å². The minimum atomic E-state index is -0.376. The van der Waals surface area contributed by atoms with Crippen LogP contribution in [0.3, 0.4) is 0 Å². The lowest BCUT2D eigenvalue weighted by Crippen LogP contribution is -2.28. The monoisotopic (exact) mass is 370 g/mol. The van der Waals surface area contributed by atoms with Gasteiger partial charge in [-0.05, 0) is 30.3 Å². The maximum absolute atomic E-state index is 12.7. The summed E-state index contributed by atoms with van der Waals surface area (Å²) in [4.78, 5) is 26.7. The highest BCUT2D eigenvalue weighted by Gasteiger charge is 2.35. The van der Waals surface area contributed by atoms with Crippen molar-refractivity contribution in [2.45, 2.75) is 6.42 Å². The van der Waals surface area contributed by atoms with E-state index in [4.69, 9.17) is 4.42 Å². The van der Waals surface area contributed by atoms with Crippen molar-refractivity contribution in [3.63, 3.8) is 0 Å². The lowest BCUT2D eigenvalue weighted by atomic mass is 10.1. The van der Waals surface area contributed by atoms with Crippen molar-refractivity contribution in [2.75, 3.05) is 16.8 Å². The van der Waals surface area contributed by atoms with Gasteiger partial charge < -0.3 is 14.6 Å². The molecule has 3 aromatic carbocycles. The minimum Gasteiger partial charge on any atom is -0.456 e. The summed E-state index contributed by atoms with van der Waals surface area (Å²) in [6, 6.07) is 22.9. The third-order valence-corrected chi connectivity index (χ3v) is 5.21. The molecule has 0 spiro atoms. The van der Waals surface area contributed by atoms with Crippen molar-refractivity contribution < 1.29 is 14.0 Å². The molecule has 5 heteroatoms. The number of hydrogen-bond acceptors (Lipinski definition) is 3. The van der Waals surface area contributed by atoms with Crippen molar-refractivity contribution in [3.8, 4) is 0 Å². The lowest BCUT2D eigenvalue weighted by molar-refractivity contribution is -0.122. The van der Waals surface area contributed by atoms with E-state index < -0.39 is 0 Å². The standard InChI is InChI=1S/C23H18N2O3/c26-22-12-15(14-25(22)17-6-2-1-3-7-17)23(27)24-16-10-11-19-18-8-4-5-9-20(18)28-21(19)13-16/h1-11,13,15H,12,14H2,(H,24,27)/t15-/m0/s1. The van der Waals surface area contributed by atoms with Crippen LogP contribution in [0.15, 0.2) is 77.2 Å². The molecule has 0 aliphatic carbocycles. The number of carbonyl (C=O) groups excluding carboxylic acids is 2. The Labute approximate surface area is 161 Å². The zero-order chi connectivity index (χ0) is 19.1. The fourth-order valence-corrected chi connectivity index (χ4v) is 3.79. The van der Waals surface area contributed by atoms with E-state index >= 15 is 0 Å². The molecule has 1 aliphatic heterocycles. The quantitative estimate of drug-likeness (QED) is 0.574. The van der Waals surface area contributed by atoms with Crippen LogP contribution in [-0.2, 0) is 9.59 Å². The van der Waals surface area contributed by atoms with Gasteiger partial charge in [0.05, 0.1) is 5.92 Å². The van der Waals surface area contributed by atoms with Crippen LogP contribution in [0.25, 0.3) is 21.9 Å². The second-order valence-electron chi connectivity index (χ2n) is 7.04. The van der Waals surface area contributed by atoms with Crippen molar-refractivity contribution in [1.82, 2.24) is 0 Å². The van der Waals surface area contributed by atoms with Crippen LogP contribution >= 0.6 is 0 Å². The third-order valence-electron chi connectivity index (χ3n) is 5.21. The Balaban J connectivity index is 1.35. The van der Waals surface area contributed by atoms with Gasteiger partial charge in [0.1, 0.15) is 11.2 Å². The first-order valence-electron chi connectivity index (χ1n) is 9.26. The Hall–Kier alpha value is -3.60. The molecule has 5 rings (SSSR count). The van der Waals surface area contributed by atoms with E-state index in [0.29, 0.717) is 12.2 Å². The number of hydrogen-bond donors (Lipinski definition) is 1. The van der Waals surface area contributed by atoms with E-state index in [-0.39, 0.29) is 24.2 Å². The Bertz CT molecular complexity index is 1200. The number of nitrogens with one attached hydrogen (secondary N) is 1. The van der Waals surface area contributed by atoms with Crippen molar-refractivity contribution >= 4 is 45.1 Å². The number of benzene rings is 3. The van der Waals surface area contributed by atoms with Crippen LogP contribution < -0.4 is 10.2 Å². The van der Waals surface area contributed by atoms with Crippen LogP contribution in [0, 0.1) is 5.92 Å². The van der Waals surface area contributed by atoms with Crippen molar-refractivity contribution in [1.29, 1.82) is 0 Å². The molecule has 5 nitrogen and oxygen atoms in total. The van der Waals surface area contributed by atoms with E-state index in [0.717, 1.165) is 27.6 Å². The van der Waals surface area contributed by atoms with Gasteiger partial charge in [0.15, 0.2) is 0 Å². The van der Waals surface area contributed by atoms with Gasteiger partial charge in [-0.25, -0.2) is 0 Å². The zero-order valence-electron chi connectivity index (χ0n) is 15.1. The largest absolute Gasteiger partial charge is 0.456 e. The normalized spacial score (nSPS) is 16.8. The Kier molecular flexibility index (Phi) is 3.86. The average molecular weight is 370 g/mol. The molecule has 0 unspecified atom stereocenters. The van der Waals surface area contributed by atoms with E-state index in [1.807, 2.05) is 72.8 Å². The van der Waals surface area contributed by atoms with Gasteiger partial charge in [-0.1, -0.05) is 36.4 Å². The molecular weight excluding hydrogens is 352 g/mol. The number of fused-ring (bicyclic) bond motifs is 3. The molecule has 28 heavy (non-hydrogen) atoms. The van der Waals surface area contributed by atoms with Crippen LogP contribution in [-0.4, -0.2) is 18.4 Å². The van der Waals surface area contributed by atoms with Crippen LogP contribution in [0.2, 0.25) is 0 Å².